The van der Waals surface area contributed by atoms with Gasteiger partial charge in [-0.1, -0.05) is 18.2 Å². The first-order valence-electron chi connectivity index (χ1n) is 4.52. The van der Waals surface area contributed by atoms with Crippen molar-refractivity contribution in [1.82, 2.24) is 4.98 Å². The van der Waals surface area contributed by atoms with Gasteiger partial charge in [-0.25, -0.2) is 0 Å². The molecule has 74 valence electrons. The quantitative estimate of drug-likeness (QED) is 0.746. The van der Waals surface area contributed by atoms with Crippen LogP contribution in [0, 0.1) is 0 Å². The Morgan fingerprint density at radius 1 is 1.33 bits per heavy atom. The SMILES string of the molecule is S=C1N=NC(c2c[nH]c3ccccc23)O1. The molecule has 0 fully saturated rings. The lowest BCUT2D eigenvalue weighted by atomic mass is 10.1. The van der Waals surface area contributed by atoms with E-state index in [9.17, 15) is 0 Å². The van der Waals surface area contributed by atoms with Crippen LogP contribution in [-0.2, 0) is 4.74 Å². The van der Waals surface area contributed by atoms with E-state index in [2.05, 4.69) is 15.2 Å². The van der Waals surface area contributed by atoms with E-state index in [0.717, 1.165) is 16.5 Å². The average Bonchev–Trinajstić information content (AvgIpc) is 2.83. The number of azo groups is 1. The van der Waals surface area contributed by atoms with Crippen molar-refractivity contribution in [3.8, 4) is 0 Å². The molecule has 2 aromatic rings. The Labute approximate surface area is 91.0 Å². The number of H-pyrrole nitrogens is 1. The molecule has 1 N–H and O–H groups in total. The number of hydrogen-bond donors (Lipinski definition) is 1. The van der Waals surface area contributed by atoms with E-state index in [0.29, 0.717) is 0 Å². The molecule has 5 heteroatoms. The van der Waals surface area contributed by atoms with Crippen LogP contribution in [0.5, 0.6) is 0 Å². The number of hydrogen-bond acceptors (Lipinski definition) is 3. The second-order valence-electron chi connectivity index (χ2n) is 3.24. The first-order valence-corrected chi connectivity index (χ1v) is 4.93. The van der Waals surface area contributed by atoms with Crippen LogP contribution in [0.1, 0.15) is 11.8 Å². The molecular formula is C10H7N3OS. The zero-order chi connectivity index (χ0) is 10.3. The summed E-state index contributed by atoms with van der Waals surface area (Å²) in [6.07, 6.45) is 1.48. The third-order valence-electron chi connectivity index (χ3n) is 2.34. The molecule has 0 saturated carbocycles. The maximum Gasteiger partial charge on any atom is 0.304 e. The predicted octanol–water partition coefficient (Wildman–Crippen LogP) is 2.93. The second kappa shape index (κ2) is 3.13. The minimum absolute atomic E-state index is 0.199. The van der Waals surface area contributed by atoms with Crippen LogP contribution < -0.4 is 0 Å². The van der Waals surface area contributed by atoms with E-state index in [-0.39, 0.29) is 5.17 Å². The fraction of sp³-hybridized carbons (Fsp3) is 0.100. The summed E-state index contributed by atoms with van der Waals surface area (Å²) >= 11 is 4.80. The molecule has 15 heavy (non-hydrogen) atoms. The lowest BCUT2D eigenvalue weighted by Crippen LogP contribution is -1.96. The number of benzene rings is 1. The van der Waals surface area contributed by atoms with Crippen LogP contribution in [0.3, 0.4) is 0 Å². The summed E-state index contributed by atoms with van der Waals surface area (Å²) < 4.78 is 5.29. The summed E-state index contributed by atoms with van der Waals surface area (Å²) in [4.78, 5) is 3.15. The highest BCUT2D eigenvalue weighted by molar-refractivity contribution is 7.80. The van der Waals surface area contributed by atoms with Crippen molar-refractivity contribution in [3.63, 3.8) is 0 Å². The summed E-state index contributed by atoms with van der Waals surface area (Å²) in [5.74, 6) is 0. The monoisotopic (exact) mass is 217 g/mol. The van der Waals surface area contributed by atoms with Crippen LogP contribution in [-0.4, -0.2) is 10.2 Å². The molecule has 1 atom stereocenters. The molecule has 1 unspecified atom stereocenters. The lowest BCUT2D eigenvalue weighted by Gasteiger charge is -2.03. The van der Waals surface area contributed by atoms with Gasteiger partial charge in [-0.15, -0.1) is 10.2 Å². The minimum Gasteiger partial charge on any atom is -0.436 e. The highest BCUT2D eigenvalue weighted by Gasteiger charge is 2.22. The van der Waals surface area contributed by atoms with Gasteiger partial charge in [0.1, 0.15) is 0 Å². The molecule has 1 aromatic carbocycles. The molecule has 0 aliphatic carbocycles. The van der Waals surface area contributed by atoms with Crippen molar-refractivity contribution in [2.75, 3.05) is 0 Å². The fourth-order valence-electron chi connectivity index (χ4n) is 1.67. The minimum atomic E-state index is -0.395. The van der Waals surface area contributed by atoms with Crippen molar-refractivity contribution in [3.05, 3.63) is 36.0 Å². The largest absolute Gasteiger partial charge is 0.436 e. The molecule has 2 heterocycles. The Balaban J connectivity index is 2.12. The molecule has 3 rings (SSSR count). The summed E-state index contributed by atoms with van der Waals surface area (Å²) in [6.45, 7) is 0. The van der Waals surface area contributed by atoms with Crippen LogP contribution in [0.4, 0.5) is 0 Å². The Hall–Kier alpha value is -1.75. The Morgan fingerprint density at radius 2 is 2.20 bits per heavy atom. The summed E-state index contributed by atoms with van der Waals surface area (Å²) in [5, 5.41) is 8.94. The zero-order valence-corrected chi connectivity index (χ0v) is 8.49. The number of ether oxygens (including phenoxy) is 1. The normalized spacial score (nSPS) is 19.7. The summed E-state index contributed by atoms with van der Waals surface area (Å²) in [7, 11) is 0. The number of fused-ring (bicyclic) bond motifs is 1. The number of rotatable bonds is 1. The van der Waals surface area contributed by atoms with Gasteiger partial charge in [0.25, 0.3) is 0 Å². The number of thiocarbonyl (C=S) groups is 1. The maximum atomic E-state index is 5.29. The van der Waals surface area contributed by atoms with Crippen molar-refractivity contribution < 1.29 is 4.74 Å². The fourth-order valence-corrected chi connectivity index (χ4v) is 1.80. The molecule has 1 aliphatic heterocycles. The van der Waals surface area contributed by atoms with Gasteiger partial charge in [-0.05, 0) is 18.3 Å². The molecule has 0 radical (unpaired) electrons. The number of nitrogens with zero attached hydrogens (tertiary/aromatic N) is 2. The van der Waals surface area contributed by atoms with E-state index in [1.54, 1.807) is 0 Å². The number of para-hydroxylation sites is 1. The highest BCUT2D eigenvalue weighted by atomic mass is 32.1. The highest BCUT2D eigenvalue weighted by Crippen LogP contribution is 2.30. The van der Waals surface area contributed by atoms with Crippen molar-refractivity contribution in [2.24, 2.45) is 10.2 Å². The van der Waals surface area contributed by atoms with Gasteiger partial charge in [0.15, 0.2) is 0 Å². The molecule has 1 aliphatic rings. The van der Waals surface area contributed by atoms with Gasteiger partial charge in [0.2, 0.25) is 6.23 Å². The van der Waals surface area contributed by atoms with Gasteiger partial charge in [0, 0.05) is 22.7 Å². The summed E-state index contributed by atoms with van der Waals surface area (Å²) in [5.41, 5.74) is 2.03. The van der Waals surface area contributed by atoms with Crippen molar-refractivity contribution in [2.45, 2.75) is 6.23 Å². The maximum absolute atomic E-state index is 5.29. The first kappa shape index (κ1) is 8.55. The van der Waals surface area contributed by atoms with Gasteiger partial charge < -0.3 is 9.72 Å². The second-order valence-corrected chi connectivity index (χ2v) is 3.59. The van der Waals surface area contributed by atoms with E-state index in [1.165, 1.54) is 0 Å². The molecule has 1 aromatic heterocycles. The number of aromatic amines is 1. The van der Waals surface area contributed by atoms with Gasteiger partial charge >= 0.3 is 5.17 Å². The lowest BCUT2D eigenvalue weighted by molar-refractivity contribution is 0.229. The van der Waals surface area contributed by atoms with E-state index >= 15 is 0 Å². The van der Waals surface area contributed by atoms with Crippen LogP contribution in [0.25, 0.3) is 10.9 Å². The van der Waals surface area contributed by atoms with Gasteiger partial charge in [0.05, 0.1) is 0 Å². The molecule has 0 saturated heterocycles. The molecule has 4 nitrogen and oxygen atoms in total. The molecule has 0 bridgehead atoms. The molecular weight excluding hydrogens is 210 g/mol. The third kappa shape index (κ3) is 1.32. The van der Waals surface area contributed by atoms with Crippen molar-refractivity contribution in [1.29, 1.82) is 0 Å². The van der Waals surface area contributed by atoms with Crippen LogP contribution in [0.2, 0.25) is 0 Å². The predicted molar refractivity (Wildman–Crippen MR) is 59.6 cm³/mol. The van der Waals surface area contributed by atoms with E-state index < -0.39 is 6.23 Å². The molecule has 0 amide bonds. The molecule has 0 spiro atoms. The van der Waals surface area contributed by atoms with E-state index in [1.807, 2.05) is 30.5 Å². The Bertz CT molecular complexity index is 561. The van der Waals surface area contributed by atoms with Gasteiger partial charge in [-0.3, -0.25) is 0 Å². The average molecular weight is 217 g/mol. The zero-order valence-electron chi connectivity index (χ0n) is 7.68. The smallest absolute Gasteiger partial charge is 0.304 e. The standard InChI is InChI=1S/C10H7N3OS/c15-10-13-12-9(14-10)7-5-11-8-4-2-1-3-6(7)8/h1-5,9,11H. The topological polar surface area (TPSA) is 49.7 Å². The van der Waals surface area contributed by atoms with Crippen LogP contribution in [0.15, 0.2) is 40.7 Å². The van der Waals surface area contributed by atoms with Crippen LogP contribution >= 0.6 is 12.2 Å². The van der Waals surface area contributed by atoms with Gasteiger partial charge in [-0.2, -0.15) is 0 Å². The summed E-state index contributed by atoms with van der Waals surface area (Å²) in [6, 6.07) is 7.97. The van der Waals surface area contributed by atoms with Crippen molar-refractivity contribution >= 4 is 28.3 Å². The Kier molecular flexibility index (Phi) is 1.78. The number of aromatic nitrogens is 1. The van der Waals surface area contributed by atoms with E-state index in [4.69, 9.17) is 17.0 Å². The number of nitrogens with one attached hydrogen (secondary N) is 1. The third-order valence-corrected chi connectivity index (χ3v) is 2.52. The first-order chi connectivity index (χ1) is 7.34. The Morgan fingerprint density at radius 3 is 3.00 bits per heavy atom.